The zero-order chi connectivity index (χ0) is 17.7. The molecule has 0 spiro atoms. The lowest BCUT2D eigenvalue weighted by atomic mass is 9.94. The van der Waals surface area contributed by atoms with Crippen molar-refractivity contribution in [3.8, 4) is 0 Å². The molecule has 1 aliphatic rings. The van der Waals surface area contributed by atoms with Crippen molar-refractivity contribution in [2.45, 2.75) is 90.4 Å². The average Bonchev–Trinajstić information content (AvgIpc) is 2.64. The Morgan fingerprint density at radius 2 is 1.48 bits per heavy atom. The topological polar surface area (TPSA) is 26.3 Å². The summed E-state index contributed by atoms with van der Waals surface area (Å²) in [5, 5.41) is 0. The highest BCUT2D eigenvalue weighted by Gasteiger charge is 2.22. The number of hydrogen-bond acceptors (Lipinski definition) is 2. The number of rotatable bonds is 12. The largest absolute Gasteiger partial charge is 0.465 e. The molecule has 1 fully saturated rings. The summed E-state index contributed by atoms with van der Waals surface area (Å²) in [7, 11) is 0. The lowest BCUT2D eigenvalue weighted by molar-refractivity contribution is -0.153. The van der Waals surface area contributed by atoms with Crippen molar-refractivity contribution in [1.82, 2.24) is 0 Å². The Morgan fingerprint density at radius 1 is 0.880 bits per heavy atom. The fraction of sp³-hybridized carbons (Fsp3) is 0.696. The van der Waals surface area contributed by atoms with E-state index in [1.165, 1.54) is 75.3 Å². The van der Waals surface area contributed by atoms with Gasteiger partial charge in [-0.1, -0.05) is 69.7 Å². The van der Waals surface area contributed by atoms with E-state index in [0.29, 0.717) is 6.61 Å². The van der Waals surface area contributed by atoms with Crippen LogP contribution < -0.4 is 0 Å². The second-order valence-corrected chi connectivity index (χ2v) is 7.59. The third-order valence-corrected chi connectivity index (χ3v) is 5.38. The highest BCUT2D eigenvalue weighted by Crippen LogP contribution is 2.22. The van der Waals surface area contributed by atoms with Gasteiger partial charge in [0, 0.05) is 0 Å². The van der Waals surface area contributed by atoms with Crippen LogP contribution in [0.4, 0.5) is 0 Å². The molecule has 140 valence electrons. The van der Waals surface area contributed by atoms with Crippen LogP contribution in [0, 0.1) is 5.92 Å². The molecule has 1 aliphatic heterocycles. The smallest absolute Gasteiger partial charge is 0.308 e. The molecule has 0 amide bonds. The summed E-state index contributed by atoms with van der Waals surface area (Å²) < 4.78 is 5.13. The molecule has 2 nitrogen and oxygen atoms in total. The summed E-state index contributed by atoms with van der Waals surface area (Å²) in [6, 6.07) is 9.26. The summed E-state index contributed by atoms with van der Waals surface area (Å²) in [6.45, 7) is 2.89. The number of ether oxygens (including phenoxy) is 1. The van der Waals surface area contributed by atoms with Gasteiger partial charge in [0.25, 0.3) is 0 Å². The number of unbranched alkanes of at least 4 members (excludes halogenated alkanes) is 6. The molecule has 1 aromatic carbocycles. The van der Waals surface area contributed by atoms with Crippen LogP contribution in [0.1, 0.15) is 88.7 Å². The number of carbonyl (C=O) groups is 1. The van der Waals surface area contributed by atoms with E-state index in [4.69, 9.17) is 4.74 Å². The molecule has 0 saturated carbocycles. The van der Waals surface area contributed by atoms with E-state index in [2.05, 4.69) is 31.2 Å². The maximum absolute atomic E-state index is 11.6. The van der Waals surface area contributed by atoms with E-state index in [-0.39, 0.29) is 11.9 Å². The van der Waals surface area contributed by atoms with Crippen LogP contribution in [0.25, 0.3) is 0 Å². The molecule has 0 N–H and O–H groups in total. The summed E-state index contributed by atoms with van der Waals surface area (Å²) >= 11 is 0. The predicted octanol–water partition coefficient (Wildman–Crippen LogP) is 6.26. The maximum atomic E-state index is 11.6. The van der Waals surface area contributed by atoms with Gasteiger partial charge in [0.05, 0.1) is 12.5 Å². The molecule has 1 unspecified atom stereocenters. The zero-order valence-electron chi connectivity index (χ0n) is 16.1. The third kappa shape index (κ3) is 8.07. The minimum atomic E-state index is 0.0457. The van der Waals surface area contributed by atoms with Crippen LogP contribution in [0.5, 0.6) is 0 Å². The number of carbonyl (C=O) groups excluding carboxylic acids is 1. The molecule has 2 rings (SSSR count). The number of esters is 1. The fourth-order valence-electron chi connectivity index (χ4n) is 3.70. The predicted molar refractivity (Wildman–Crippen MR) is 105 cm³/mol. The Kier molecular flexibility index (Phi) is 9.69. The molecule has 1 heterocycles. The molecule has 0 aromatic heterocycles. The van der Waals surface area contributed by atoms with Crippen molar-refractivity contribution < 1.29 is 9.53 Å². The molecule has 0 aliphatic carbocycles. The summed E-state index contributed by atoms with van der Waals surface area (Å²) in [5.74, 6) is 0.231. The second kappa shape index (κ2) is 12.1. The van der Waals surface area contributed by atoms with E-state index in [0.717, 1.165) is 19.3 Å². The van der Waals surface area contributed by atoms with Gasteiger partial charge in [-0.05, 0) is 56.1 Å². The van der Waals surface area contributed by atoms with Crippen molar-refractivity contribution in [3.05, 3.63) is 35.4 Å². The first kappa shape index (κ1) is 20.0. The lowest BCUT2D eigenvalue weighted by Gasteiger charge is -2.20. The molecule has 1 saturated heterocycles. The van der Waals surface area contributed by atoms with E-state index in [1.807, 2.05) is 0 Å². The highest BCUT2D eigenvalue weighted by atomic mass is 16.5. The Balaban J connectivity index is 1.49. The van der Waals surface area contributed by atoms with Gasteiger partial charge in [-0.25, -0.2) is 0 Å². The molecule has 0 bridgehead atoms. The molecule has 2 heteroatoms. The number of hydrogen-bond donors (Lipinski definition) is 0. The van der Waals surface area contributed by atoms with Gasteiger partial charge in [0.2, 0.25) is 0 Å². The van der Waals surface area contributed by atoms with Gasteiger partial charge in [0.15, 0.2) is 0 Å². The maximum Gasteiger partial charge on any atom is 0.308 e. The zero-order valence-corrected chi connectivity index (χ0v) is 16.1. The molecular formula is C23H36O2. The van der Waals surface area contributed by atoms with Crippen LogP contribution in [-0.2, 0) is 22.4 Å². The SMILES string of the molecule is CCCCCc1ccc(CCCCCCCC2CCCOC2=O)cc1. The first-order chi connectivity index (χ1) is 12.3. The van der Waals surface area contributed by atoms with Gasteiger partial charge in [-0.15, -0.1) is 0 Å². The molecule has 0 radical (unpaired) electrons. The van der Waals surface area contributed by atoms with Crippen LogP contribution in [0.3, 0.4) is 0 Å². The normalized spacial score (nSPS) is 17.5. The van der Waals surface area contributed by atoms with E-state index in [1.54, 1.807) is 0 Å². The van der Waals surface area contributed by atoms with Gasteiger partial charge in [-0.2, -0.15) is 0 Å². The van der Waals surface area contributed by atoms with Gasteiger partial charge < -0.3 is 4.74 Å². The van der Waals surface area contributed by atoms with Gasteiger partial charge >= 0.3 is 5.97 Å². The first-order valence-electron chi connectivity index (χ1n) is 10.5. The molecular weight excluding hydrogens is 308 g/mol. The minimum Gasteiger partial charge on any atom is -0.465 e. The summed E-state index contributed by atoms with van der Waals surface area (Å²) in [6.07, 6.45) is 15.8. The lowest BCUT2D eigenvalue weighted by Crippen LogP contribution is -2.23. The van der Waals surface area contributed by atoms with Crippen molar-refractivity contribution in [1.29, 1.82) is 0 Å². The average molecular weight is 345 g/mol. The van der Waals surface area contributed by atoms with Gasteiger partial charge in [0.1, 0.15) is 0 Å². The van der Waals surface area contributed by atoms with Crippen LogP contribution in [0.2, 0.25) is 0 Å². The van der Waals surface area contributed by atoms with Crippen molar-refractivity contribution in [2.24, 2.45) is 5.92 Å². The monoisotopic (exact) mass is 344 g/mol. The Hall–Kier alpha value is -1.31. The first-order valence-corrected chi connectivity index (χ1v) is 10.5. The van der Waals surface area contributed by atoms with Crippen LogP contribution >= 0.6 is 0 Å². The van der Waals surface area contributed by atoms with Crippen LogP contribution in [-0.4, -0.2) is 12.6 Å². The number of benzene rings is 1. The Bertz CT molecular complexity index is 477. The standard InChI is InChI=1S/C23H36O2/c1-2-3-7-11-20-15-17-21(18-16-20)12-8-5-4-6-9-13-22-14-10-19-25-23(22)24/h15-18,22H,2-14,19H2,1H3. The van der Waals surface area contributed by atoms with Crippen molar-refractivity contribution in [2.75, 3.05) is 6.61 Å². The van der Waals surface area contributed by atoms with Crippen molar-refractivity contribution >= 4 is 5.97 Å². The summed E-state index contributed by atoms with van der Waals surface area (Å²) in [5.41, 5.74) is 2.96. The third-order valence-electron chi connectivity index (χ3n) is 5.38. The number of aryl methyl sites for hydroxylation is 2. The quantitative estimate of drug-likeness (QED) is 0.330. The fourth-order valence-corrected chi connectivity index (χ4v) is 3.70. The second-order valence-electron chi connectivity index (χ2n) is 7.59. The van der Waals surface area contributed by atoms with E-state index in [9.17, 15) is 4.79 Å². The van der Waals surface area contributed by atoms with Gasteiger partial charge in [-0.3, -0.25) is 4.79 Å². The highest BCUT2D eigenvalue weighted by molar-refractivity contribution is 5.72. The molecule has 25 heavy (non-hydrogen) atoms. The van der Waals surface area contributed by atoms with E-state index < -0.39 is 0 Å². The minimum absolute atomic E-state index is 0.0457. The van der Waals surface area contributed by atoms with Crippen molar-refractivity contribution in [3.63, 3.8) is 0 Å². The van der Waals surface area contributed by atoms with Crippen LogP contribution in [0.15, 0.2) is 24.3 Å². The Labute approximate surface area is 154 Å². The van der Waals surface area contributed by atoms with E-state index >= 15 is 0 Å². The molecule has 1 atom stereocenters. The summed E-state index contributed by atoms with van der Waals surface area (Å²) in [4.78, 5) is 11.6. The Morgan fingerprint density at radius 3 is 2.12 bits per heavy atom. The molecule has 1 aromatic rings. The number of cyclic esters (lactones) is 1.